The zero-order valence-electron chi connectivity index (χ0n) is 10.5. The van der Waals surface area contributed by atoms with E-state index < -0.39 is 0 Å². The second kappa shape index (κ2) is 6.28. The van der Waals surface area contributed by atoms with Crippen molar-refractivity contribution in [1.82, 2.24) is 14.5 Å². The van der Waals surface area contributed by atoms with E-state index >= 15 is 0 Å². The fourth-order valence-corrected chi connectivity index (χ4v) is 2.76. The first-order valence-electron chi connectivity index (χ1n) is 6.13. The molecule has 1 fully saturated rings. The highest BCUT2D eigenvalue weighted by Crippen LogP contribution is 2.21. The Balaban J connectivity index is 1.86. The van der Waals surface area contributed by atoms with Gasteiger partial charge in [0.25, 0.3) is 0 Å². The van der Waals surface area contributed by atoms with Gasteiger partial charge < -0.3 is 10.1 Å². The molecule has 0 atom stereocenters. The Morgan fingerprint density at radius 3 is 2.88 bits per heavy atom. The van der Waals surface area contributed by atoms with E-state index in [9.17, 15) is 0 Å². The van der Waals surface area contributed by atoms with Crippen LogP contribution in [0.2, 0.25) is 0 Å². The molecule has 0 radical (unpaired) electrons. The summed E-state index contributed by atoms with van der Waals surface area (Å²) in [6.45, 7) is 6.08. The fraction of sp³-hybridized carbons (Fsp3) is 0.818. The van der Waals surface area contributed by atoms with Crippen molar-refractivity contribution in [3.05, 3.63) is 5.69 Å². The van der Waals surface area contributed by atoms with E-state index in [1.54, 1.807) is 7.11 Å². The molecule has 1 N–H and O–H groups in total. The minimum atomic E-state index is 0.438. The third-order valence-electron chi connectivity index (χ3n) is 3.13. The quantitative estimate of drug-likeness (QED) is 0.867. The number of piperidine rings is 1. The Kier molecular flexibility index (Phi) is 4.70. The average molecular weight is 256 g/mol. The van der Waals surface area contributed by atoms with Crippen LogP contribution in [-0.4, -0.2) is 47.3 Å². The number of hydrogen-bond donors (Lipinski definition) is 1. The molecule has 96 valence electrons. The predicted octanol–water partition coefficient (Wildman–Crippen LogP) is 1.58. The third-order valence-corrected chi connectivity index (χ3v) is 3.86. The summed E-state index contributed by atoms with van der Waals surface area (Å²) in [4.78, 5) is 2.42. The zero-order valence-corrected chi connectivity index (χ0v) is 11.3. The Morgan fingerprint density at radius 2 is 2.24 bits per heavy atom. The van der Waals surface area contributed by atoms with Gasteiger partial charge in [-0.1, -0.05) is 4.49 Å². The predicted molar refractivity (Wildman–Crippen MR) is 69.4 cm³/mol. The van der Waals surface area contributed by atoms with Crippen LogP contribution in [0, 0.1) is 0 Å². The number of nitrogens with one attached hydrogen (secondary N) is 1. The van der Waals surface area contributed by atoms with E-state index in [2.05, 4.69) is 26.7 Å². The smallest absolute Gasteiger partial charge is 0.134 e. The number of nitrogens with zero attached hydrogens (tertiary/aromatic N) is 3. The maximum atomic E-state index is 5.37. The number of methoxy groups -OCH3 is 1. The molecule has 0 aromatic carbocycles. The minimum Gasteiger partial charge on any atom is -0.381 e. The number of rotatable bonds is 5. The van der Waals surface area contributed by atoms with Crippen molar-refractivity contribution in [1.29, 1.82) is 0 Å². The third kappa shape index (κ3) is 3.37. The highest BCUT2D eigenvalue weighted by molar-refractivity contribution is 7.10. The van der Waals surface area contributed by atoms with Crippen LogP contribution in [0.5, 0.6) is 0 Å². The largest absolute Gasteiger partial charge is 0.381 e. The van der Waals surface area contributed by atoms with Crippen LogP contribution in [0.3, 0.4) is 0 Å². The fourth-order valence-electron chi connectivity index (χ4n) is 2.12. The number of hydrogen-bond acceptors (Lipinski definition) is 6. The molecular formula is C11H20N4OS. The Morgan fingerprint density at radius 1 is 1.47 bits per heavy atom. The molecule has 0 spiro atoms. The topological polar surface area (TPSA) is 50.3 Å². The molecule has 0 saturated carbocycles. The summed E-state index contributed by atoms with van der Waals surface area (Å²) >= 11 is 1.44. The maximum absolute atomic E-state index is 5.37. The van der Waals surface area contributed by atoms with Crippen molar-refractivity contribution in [2.24, 2.45) is 0 Å². The molecule has 6 heteroatoms. The zero-order chi connectivity index (χ0) is 12.1. The van der Waals surface area contributed by atoms with Gasteiger partial charge in [0, 0.05) is 44.8 Å². The van der Waals surface area contributed by atoms with Gasteiger partial charge in [-0.2, -0.15) is 0 Å². The van der Waals surface area contributed by atoms with E-state index in [-0.39, 0.29) is 0 Å². The van der Waals surface area contributed by atoms with Gasteiger partial charge in [-0.05, 0) is 19.8 Å². The molecule has 0 amide bonds. The molecule has 0 bridgehead atoms. The summed E-state index contributed by atoms with van der Waals surface area (Å²) in [5.74, 6) is 0. The standard InChI is InChI=1S/C11H20N4OS/c1-3-12-11-10(13-14-17-11)8-15-6-4-9(16-2)5-7-15/h9,12H,3-8H2,1-2H3. The van der Waals surface area contributed by atoms with Gasteiger partial charge in [0.1, 0.15) is 10.7 Å². The molecule has 1 aromatic heterocycles. The minimum absolute atomic E-state index is 0.438. The molecule has 0 unspecified atom stereocenters. The highest BCUT2D eigenvalue weighted by atomic mass is 32.1. The van der Waals surface area contributed by atoms with Crippen molar-refractivity contribution in [3.8, 4) is 0 Å². The lowest BCUT2D eigenvalue weighted by Crippen LogP contribution is -2.36. The summed E-state index contributed by atoms with van der Waals surface area (Å²) in [6.07, 6.45) is 2.67. The lowest BCUT2D eigenvalue weighted by Gasteiger charge is -2.30. The first kappa shape index (κ1) is 12.7. The second-order valence-corrected chi connectivity index (χ2v) is 5.04. The summed E-state index contributed by atoms with van der Waals surface area (Å²) in [5, 5.41) is 8.62. The van der Waals surface area contributed by atoms with E-state index in [1.807, 2.05) is 0 Å². The normalized spacial score (nSPS) is 18.5. The SMILES string of the molecule is CCNc1snnc1CN1CCC(OC)CC1. The number of aromatic nitrogens is 2. The molecule has 2 heterocycles. The van der Waals surface area contributed by atoms with Gasteiger partial charge in [0.05, 0.1) is 6.10 Å². The lowest BCUT2D eigenvalue weighted by molar-refractivity contribution is 0.0386. The first-order valence-corrected chi connectivity index (χ1v) is 6.91. The summed E-state index contributed by atoms with van der Waals surface area (Å²) in [6, 6.07) is 0. The van der Waals surface area contributed by atoms with E-state index in [1.165, 1.54) is 11.5 Å². The van der Waals surface area contributed by atoms with Crippen LogP contribution >= 0.6 is 11.5 Å². The van der Waals surface area contributed by atoms with Gasteiger partial charge in [-0.3, -0.25) is 4.90 Å². The molecular weight excluding hydrogens is 236 g/mol. The molecule has 1 aliphatic heterocycles. The molecule has 2 rings (SSSR count). The van der Waals surface area contributed by atoms with Gasteiger partial charge >= 0.3 is 0 Å². The molecule has 1 saturated heterocycles. The first-order chi connectivity index (χ1) is 8.33. The molecule has 5 nitrogen and oxygen atoms in total. The lowest BCUT2D eigenvalue weighted by atomic mass is 10.1. The van der Waals surface area contributed by atoms with Crippen LogP contribution in [0.1, 0.15) is 25.5 Å². The molecule has 1 aliphatic rings. The number of anilines is 1. The molecule has 0 aliphatic carbocycles. The Bertz CT molecular complexity index is 336. The van der Waals surface area contributed by atoms with E-state index in [4.69, 9.17) is 4.74 Å². The summed E-state index contributed by atoms with van der Waals surface area (Å²) in [7, 11) is 1.80. The maximum Gasteiger partial charge on any atom is 0.134 e. The van der Waals surface area contributed by atoms with Gasteiger partial charge in [-0.25, -0.2) is 0 Å². The van der Waals surface area contributed by atoms with E-state index in [0.29, 0.717) is 6.10 Å². The van der Waals surface area contributed by atoms with Crippen molar-refractivity contribution < 1.29 is 4.74 Å². The van der Waals surface area contributed by atoms with Crippen LogP contribution in [0.25, 0.3) is 0 Å². The van der Waals surface area contributed by atoms with Gasteiger partial charge in [0.2, 0.25) is 0 Å². The van der Waals surface area contributed by atoms with E-state index in [0.717, 1.165) is 49.7 Å². The van der Waals surface area contributed by atoms with Crippen LogP contribution in [0.4, 0.5) is 5.00 Å². The van der Waals surface area contributed by atoms with Crippen molar-refractivity contribution in [3.63, 3.8) is 0 Å². The van der Waals surface area contributed by atoms with Gasteiger partial charge in [-0.15, -0.1) is 5.10 Å². The Hall–Kier alpha value is -0.720. The second-order valence-electron chi connectivity index (χ2n) is 4.29. The van der Waals surface area contributed by atoms with Crippen LogP contribution < -0.4 is 5.32 Å². The van der Waals surface area contributed by atoms with Crippen molar-refractivity contribution in [2.75, 3.05) is 32.1 Å². The number of ether oxygens (including phenoxy) is 1. The summed E-state index contributed by atoms with van der Waals surface area (Å²) < 4.78 is 9.39. The monoisotopic (exact) mass is 256 g/mol. The average Bonchev–Trinajstić information content (AvgIpc) is 2.78. The Labute approximate surface area is 106 Å². The van der Waals surface area contributed by atoms with Crippen LogP contribution in [0.15, 0.2) is 0 Å². The number of likely N-dealkylation sites (tertiary alicyclic amines) is 1. The van der Waals surface area contributed by atoms with Gasteiger partial charge in [0.15, 0.2) is 0 Å². The molecule has 1 aromatic rings. The van der Waals surface area contributed by atoms with Crippen molar-refractivity contribution >= 4 is 16.5 Å². The summed E-state index contributed by atoms with van der Waals surface area (Å²) in [5.41, 5.74) is 1.08. The van der Waals surface area contributed by atoms with Crippen molar-refractivity contribution in [2.45, 2.75) is 32.4 Å². The molecule has 17 heavy (non-hydrogen) atoms. The highest BCUT2D eigenvalue weighted by Gasteiger charge is 2.20. The van der Waals surface area contributed by atoms with Crippen LogP contribution in [-0.2, 0) is 11.3 Å².